The second-order valence-corrected chi connectivity index (χ2v) is 6.11. The molecule has 0 saturated carbocycles. The van der Waals surface area contributed by atoms with Crippen LogP contribution in [0.2, 0.25) is 0 Å². The molecule has 1 unspecified atom stereocenters. The number of aliphatic hydroxyl groups excluding tert-OH is 1. The Morgan fingerprint density at radius 3 is 2.75 bits per heavy atom. The van der Waals surface area contributed by atoms with Crippen LogP contribution in [0.3, 0.4) is 0 Å². The highest BCUT2D eigenvalue weighted by atomic mass is 16.5. The van der Waals surface area contributed by atoms with Crippen molar-refractivity contribution < 1.29 is 14.6 Å². The fourth-order valence-corrected chi connectivity index (χ4v) is 3.20. The number of amides is 1. The molecular weight excluding hydrogens is 303 g/mol. The molecule has 1 aromatic heterocycles. The van der Waals surface area contributed by atoms with Crippen LogP contribution in [0.25, 0.3) is 0 Å². The highest BCUT2D eigenvalue weighted by Crippen LogP contribution is 2.34. The molecule has 0 spiro atoms. The Balaban J connectivity index is 1.81. The van der Waals surface area contributed by atoms with E-state index < -0.39 is 5.41 Å². The summed E-state index contributed by atoms with van der Waals surface area (Å²) in [4.78, 5) is 18.5. The molecule has 0 aliphatic carbocycles. The summed E-state index contributed by atoms with van der Waals surface area (Å²) in [7, 11) is 7.36. The average molecular weight is 322 g/mol. The first kappa shape index (κ1) is 16.5. The molecule has 122 valence electrons. The fourth-order valence-electron chi connectivity index (χ4n) is 3.20. The molecule has 6 heteroatoms. The Kier molecular flexibility index (Phi) is 4.58. The van der Waals surface area contributed by atoms with Gasteiger partial charge in [-0.25, -0.2) is 0 Å². The molecule has 2 radical (unpaired) electrons. The van der Waals surface area contributed by atoms with Crippen molar-refractivity contribution in [3.63, 3.8) is 0 Å². The van der Waals surface area contributed by atoms with Crippen LogP contribution in [0, 0.1) is 0 Å². The summed E-state index contributed by atoms with van der Waals surface area (Å²) < 4.78 is 5.12. The van der Waals surface area contributed by atoms with E-state index in [1.54, 1.807) is 48.5 Å². The van der Waals surface area contributed by atoms with Gasteiger partial charge in [-0.1, -0.05) is 0 Å². The van der Waals surface area contributed by atoms with Crippen LogP contribution in [0.1, 0.15) is 22.3 Å². The van der Waals surface area contributed by atoms with Crippen LogP contribution < -0.4 is 10.3 Å². The van der Waals surface area contributed by atoms with Crippen LogP contribution in [-0.4, -0.2) is 55.6 Å². The molecule has 5 nitrogen and oxygen atoms in total. The third-order valence-corrected chi connectivity index (χ3v) is 4.67. The maximum absolute atomic E-state index is 12.7. The van der Waals surface area contributed by atoms with Gasteiger partial charge in [-0.05, 0) is 54.0 Å². The third-order valence-electron chi connectivity index (χ3n) is 4.67. The number of hydrogen-bond acceptors (Lipinski definition) is 4. The monoisotopic (exact) mass is 322 g/mol. The van der Waals surface area contributed by atoms with E-state index in [4.69, 9.17) is 12.6 Å². The van der Waals surface area contributed by atoms with E-state index in [2.05, 4.69) is 4.98 Å². The molecule has 1 fully saturated rings. The van der Waals surface area contributed by atoms with Gasteiger partial charge in [0.2, 0.25) is 0 Å². The average Bonchev–Trinajstić information content (AvgIpc) is 3.07. The first-order valence-corrected chi connectivity index (χ1v) is 7.84. The van der Waals surface area contributed by atoms with Crippen molar-refractivity contribution in [1.82, 2.24) is 9.88 Å². The number of likely N-dealkylation sites (tertiary alicyclic amines) is 1. The predicted octanol–water partition coefficient (Wildman–Crippen LogP) is 0.660. The van der Waals surface area contributed by atoms with Gasteiger partial charge in [-0.2, -0.15) is 0 Å². The van der Waals surface area contributed by atoms with Crippen molar-refractivity contribution in [2.24, 2.45) is 0 Å². The van der Waals surface area contributed by atoms with Gasteiger partial charge in [0, 0.05) is 30.3 Å². The lowest BCUT2D eigenvalue weighted by Gasteiger charge is -2.28. The normalized spacial score (nSPS) is 20.2. The molecule has 1 aliphatic rings. The molecule has 0 bridgehead atoms. The molecule has 1 saturated heterocycles. The summed E-state index contributed by atoms with van der Waals surface area (Å²) in [6.07, 6.45) is 2.32. The summed E-state index contributed by atoms with van der Waals surface area (Å²) >= 11 is 0. The molecule has 1 N–H and O–H groups in total. The Morgan fingerprint density at radius 1 is 1.38 bits per heavy atom. The number of hydrogen-bond donors (Lipinski definition) is 1. The van der Waals surface area contributed by atoms with Crippen LogP contribution >= 0.6 is 0 Å². The maximum atomic E-state index is 12.7. The summed E-state index contributed by atoms with van der Waals surface area (Å²) in [5.74, 6) is 0.667. The largest absolute Gasteiger partial charge is 0.497 e. The highest BCUT2D eigenvalue weighted by molar-refractivity contribution is 6.30. The van der Waals surface area contributed by atoms with E-state index in [-0.39, 0.29) is 12.5 Å². The molecule has 3 rings (SSSR count). The number of nitrogens with zero attached hydrogens (tertiary/aromatic N) is 2. The number of aromatic nitrogens is 1. The first-order chi connectivity index (χ1) is 11.6. The smallest absolute Gasteiger partial charge is 0.253 e. The van der Waals surface area contributed by atoms with E-state index in [1.807, 2.05) is 6.07 Å². The van der Waals surface area contributed by atoms with Crippen molar-refractivity contribution in [2.45, 2.75) is 11.8 Å². The summed E-state index contributed by atoms with van der Waals surface area (Å²) in [5.41, 5.74) is 1.46. The van der Waals surface area contributed by atoms with Gasteiger partial charge in [0.1, 0.15) is 13.6 Å². The van der Waals surface area contributed by atoms with Crippen molar-refractivity contribution in [3.05, 3.63) is 53.7 Å². The van der Waals surface area contributed by atoms with Crippen LogP contribution in [0.15, 0.2) is 42.6 Å². The standard InChI is InChI=1S/C18H19BN2O3/c1-24-15-4-2-13(3-5-15)17(23)21-9-7-18(11-21,12-22)14-6-8-20-16(19)10-14/h2-6,8,10,22H,7,9,11-12H2,1H3. The summed E-state index contributed by atoms with van der Waals surface area (Å²) in [6, 6.07) is 10.7. The topological polar surface area (TPSA) is 62.7 Å². The van der Waals surface area contributed by atoms with E-state index in [0.29, 0.717) is 36.4 Å². The van der Waals surface area contributed by atoms with E-state index >= 15 is 0 Å². The minimum absolute atomic E-state index is 0.0388. The molecule has 2 aromatic rings. The van der Waals surface area contributed by atoms with Crippen molar-refractivity contribution in [2.75, 3.05) is 26.8 Å². The Bertz CT molecular complexity index is 735. The van der Waals surface area contributed by atoms with Gasteiger partial charge in [-0.15, -0.1) is 0 Å². The number of rotatable bonds is 4. The SMILES string of the molecule is [B]c1cc(C2(CO)CCN(C(=O)c3ccc(OC)cc3)C2)ccn1. The summed E-state index contributed by atoms with van der Waals surface area (Å²) in [6.45, 7) is 1.01. The Morgan fingerprint density at radius 2 is 2.12 bits per heavy atom. The molecular formula is C18H19BN2O3. The predicted molar refractivity (Wildman–Crippen MR) is 91.9 cm³/mol. The molecule has 2 heterocycles. The number of methoxy groups -OCH3 is 1. The van der Waals surface area contributed by atoms with Gasteiger partial charge in [0.15, 0.2) is 0 Å². The zero-order valence-corrected chi connectivity index (χ0v) is 13.6. The van der Waals surface area contributed by atoms with Crippen molar-refractivity contribution in [1.29, 1.82) is 0 Å². The summed E-state index contributed by atoms with van der Waals surface area (Å²) in [5, 5.41) is 9.98. The fraction of sp³-hybridized carbons (Fsp3) is 0.333. The molecule has 24 heavy (non-hydrogen) atoms. The van der Waals surface area contributed by atoms with Gasteiger partial charge in [-0.3, -0.25) is 9.78 Å². The molecule has 1 aliphatic heterocycles. The second kappa shape index (κ2) is 6.65. The van der Waals surface area contributed by atoms with Gasteiger partial charge in [0.05, 0.1) is 13.7 Å². The quantitative estimate of drug-likeness (QED) is 0.840. The minimum atomic E-state index is -0.487. The van der Waals surface area contributed by atoms with Gasteiger partial charge in [0.25, 0.3) is 5.91 Å². The lowest BCUT2D eigenvalue weighted by atomic mass is 9.79. The van der Waals surface area contributed by atoms with Crippen LogP contribution in [0.4, 0.5) is 0 Å². The van der Waals surface area contributed by atoms with Crippen LogP contribution in [0.5, 0.6) is 5.75 Å². The Labute approximate surface area is 142 Å². The zero-order chi connectivity index (χ0) is 17.2. The Hall–Kier alpha value is -2.34. The highest BCUT2D eigenvalue weighted by Gasteiger charge is 2.41. The number of carbonyl (C=O) groups is 1. The zero-order valence-electron chi connectivity index (χ0n) is 13.6. The molecule has 1 aromatic carbocycles. The van der Waals surface area contributed by atoms with E-state index in [0.717, 1.165) is 5.56 Å². The number of carbonyl (C=O) groups excluding carboxylic acids is 1. The lowest BCUT2D eigenvalue weighted by Crippen LogP contribution is -2.37. The third kappa shape index (κ3) is 3.02. The van der Waals surface area contributed by atoms with E-state index in [1.165, 1.54) is 0 Å². The van der Waals surface area contributed by atoms with Crippen LogP contribution in [-0.2, 0) is 5.41 Å². The van der Waals surface area contributed by atoms with Crippen molar-refractivity contribution in [3.8, 4) is 5.75 Å². The second-order valence-electron chi connectivity index (χ2n) is 6.11. The minimum Gasteiger partial charge on any atom is -0.497 e. The number of pyridine rings is 1. The van der Waals surface area contributed by atoms with E-state index in [9.17, 15) is 9.90 Å². The maximum Gasteiger partial charge on any atom is 0.253 e. The van der Waals surface area contributed by atoms with Crippen molar-refractivity contribution >= 4 is 19.3 Å². The van der Waals surface area contributed by atoms with Gasteiger partial charge < -0.3 is 14.7 Å². The molecule has 1 amide bonds. The molecule has 1 atom stereocenters. The first-order valence-electron chi connectivity index (χ1n) is 7.84. The number of benzene rings is 1. The van der Waals surface area contributed by atoms with Gasteiger partial charge >= 0.3 is 0 Å². The lowest BCUT2D eigenvalue weighted by molar-refractivity contribution is 0.0774. The number of aliphatic hydroxyl groups is 1. The number of ether oxygens (including phenoxy) is 1.